The number of anilines is 4. The van der Waals surface area contributed by atoms with Gasteiger partial charge >= 0.3 is 0 Å². The van der Waals surface area contributed by atoms with Crippen molar-refractivity contribution in [2.24, 2.45) is 0 Å². The molecule has 0 saturated carbocycles. The topological polar surface area (TPSA) is 134 Å². The molecule has 1 saturated heterocycles. The number of nitrogens with zero attached hydrogens (tertiary/aromatic N) is 2. The van der Waals surface area contributed by atoms with Crippen LogP contribution in [0.4, 0.5) is 22.7 Å². The number of phenols is 1. The summed E-state index contributed by atoms with van der Waals surface area (Å²) in [6, 6.07) is 14.2. The van der Waals surface area contributed by atoms with Crippen molar-refractivity contribution < 1.29 is 14.6 Å². The molecule has 38 heavy (non-hydrogen) atoms. The number of aromatic hydroxyl groups is 1. The number of benzene rings is 2. The van der Waals surface area contributed by atoms with E-state index in [1.165, 1.54) is 18.3 Å². The molecule has 0 bridgehead atoms. The lowest BCUT2D eigenvalue weighted by Gasteiger charge is -2.15. The highest BCUT2D eigenvalue weighted by atomic mass is 35.5. The van der Waals surface area contributed by atoms with Crippen LogP contribution in [0.5, 0.6) is 11.5 Å². The summed E-state index contributed by atoms with van der Waals surface area (Å²) in [5.41, 5.74) is 9.43. The summed E-state index contributed by atoms with van der Waals surface area (Å²) in [6.45, 7) is 1.23. The van der Waals surface area contributed by atoms with Crippen LogP contribution in [0.1, 0.15) is 18.5 Å². The fourth-order valence-corrected chi connectivity index (χ4v) is 4.45. The Labute approximate surface area is 224 Å². The van der Waals surface area contributed by atoms with Gasteiger partial charge in [-0.2, -0.15) is 0 Å². The first-order chi connectivity index (χ1) is 18.5. The van der Waals surface area contributed by atoms with Crippen LogP contribution in [-0.4, -0.2) is 33.6 Å². The maximum atomic E-state index is 12.5. The lowest BCUT2D eigenvalue weighted by atomic mass is 10.1. The van der Waals surface area contributed by atoms with E-state index >= 15 is 0 Å². The Bertz CT molecular complexity index is 1490. The Morgan fingerprint density at radius 3 is 2.89 bits per heavy atom. The summed E-state index contributed by atoms with van der Waals surface area (Å²) < 4.78 is 5.81. The number of halogens is 1. The number of carbonyl (C=O) groups excluding carboxylic acids is 1. The van der Waals surface area contributed by atoms with Gasteiger partial charge in [-0.05, 0) is 55.8 Å². The quantitative estimate of drug-likeness (QED) is 0.156. The number of ether oxygens (including phenoxy) is 1. The van der Waals surface area contributed by atoms with Crippen LogP contribution in [0.15, 0.2) is 73.1 Å². The number of amides is 1. The first kappa shape index (κ1) is 25.3. The standard InChI is InChI=1S/C28H27ClN6O3/c29-21-12-18(6-8-26(21)38-16-19-4-1-2-10-32-19)34-28-20-13-24(25(36)14-23(20)33-15-22(28)30)35-27(37)9-7-17-5-3-11-31-17/h1-2,4,6-10,12-15,17,31,36H,3,5,11,16,30H2,(H,33,34)(H,35,37)/b9-7+/t17-/m0/s1. The van der Waals surface area contributed by atoms with Crippen molar-refractivity contribution in [1.82, 2.24) is 15.3 Å². The lowest BCUT2D eigenvalue weighted by molar-refractivity contribution is -0.111. The van der Waals surface area contributed by atoms with Crippen molar-refractivity contribution in [3.8, 4) is 11.5 Å². The Morgan fingerprint density at radius 1 is 1.24 bits per heavy atom. The molecule has 6 N–H and O–H groups in total. The van der Waals surface area contributed by atoms with Crippen molar-refractivity contribution in [3.63, 3.8) is 0 Å². The van der Waals surface area contributed by atoms with Gasteiger partial charge in [0.1, 0.15) is 18.1 Å². The van der Waals surface area contributed by atoms with Gasteiger partial charge in [-0.15, -0.1) is 0 Å². The minimum atomic E-state index is -0.340. The number of fused-ring (bicyclic) bond motifs is 1. The van der Waals surface area contributed by atoms with Gasteiger partial charge in [0, 0.05) is 35.5 Å². The minimum absolute atomic E-state index is 0.0982. The number of nitrogen functional groups attached to an aromatic ring is 1. The highest BCUT2D eigenvalue weighted by molar-refractivity contribution is 6.32. The van der Waals surface area contributed by atoms with Gasteiger partial charge in [0.05, 0.1) is 39.5 Å². The molecule has 0 unspecified atom stereocenters. The Hall–Kier alpha value is -4.34. The van der Waals surface area contributed by atoms with E-state index in [4.69, 9.17) is 22.1 Å². The number of phenolic OH excluding ortho intramolecular Hbond substituents is 1. The van der Waals surface area contributed by atoms with E-state index < -0.39 is 0 Å². The zero-order valence-corrected chi connectivity index (χ0v) is 21.2. The minimum Gasteiger partial charge on any atom is -0.506 e. The largest absolute Gasteiger partial charge is 0.506 e. The fraction of sp³-hybridized carbons (Fsp3) is 0.179. The third kappa shape index (κ3) is 5.96. The summed E-state index contributed by atoms with van der Waals surface area (Å²) in [5, 5.41) is 20.9. The number of hydrogen-bond acceptors (Lipinski definition) is 8. The summed E-state index contributed by atoms with van der Waals surface area (Å²) >= 11 is 6.48. The van der Waals surface area contributed by atoms with E-state index in [0.29, 0.717) is 45.3 Å². The highest BCUT2D eigenvalue weighted by Gasteiger charge is 2.15. The SMILES string of the molecule is Nc1cnc2cc(O)c(NC(=O)/C=C/[C@@H]3CCCN3)cc2c1Nc1ccc(OCc2ccccn2)c(Cl)c1. The van der Waals surface area contributed by atoms with E-state index in [-0.39, 0.29) is 23.4 Å². The van der Waals surface area contributed by atoms with Gasteiger partial charge in [-0.1, -0.05) is 23.7 Å². The molecule has 1 atom stereocenters. The number of hydrogen-bond donors (Lipinski definition) is 5. The Kier molecular flexibility index (Phi) is 7.57. The summed E-state index contributed by atoms with van der Waals surface area (Å²) in [7, 11) is 0. The third-order valence-corrected chi connectivity index (χ3v) is 6.45. The second-order valence-corrected chi connectivity index (χ2v) is 9.31. The molecule has 5 rings (SSSR count). The van der Waals surface area contributed by atoms with Gasteiger partial charge in [0.25, 0.3) is 0 Å². The lowest BCUT2D eigenvalue weighted by Crippen LogP contribution is -2.19. The second kappa shape index (κ2) is 11.4. The molecule has 10 heteroatoms. The Balaban J connectivity index is 1.36. The molecule has 0 spiro atoms. The predicted octanol–water partition coefficient (Wildman–Crippen LogP) is 5.14. The molecule has 1 amide bonds. The van der Waals surface area contributed by atoms with Crippen LogP contribution >= 0.6 is 11.6 Å². The smallest absolute Gasteiger partial charge is 0.248 e. The Morgan fingerprint density at radius 2 is 2.13 bits per heavy atom. The van der Waals surface area contributed by atoms with Crippen LogP contribution in [0.25, 0.3) is 10.9 Å². The number of pyridine rings is 2. The number of carbonyl (C=O) groups is 1. The average Bonchev–Trinajstić information content (AvgIpc) is 3.44. The van der Waals surface area contributed by atoms with Crippen molar-refractivity contribution in [1.29, 1.82) is 0 Å². The van der Waals surface area contributed by atoms with E-state index in [0.717, 1.165) is 25.1 Å². The predicted molar refractivity (Wildman–Crippen MR) is 150 cm³/mol. The van der Waals surface area contributed by atoms with Crippen molar-refractivity contribution in [3.05, 3.63) is 83.8 Å². The maximum Gasteiger partial charge on any atom is 0.248 e. The molecule has 0 aliphatic carbocycles. The normalized spacial score (nSPS) is 15.1. The van der Waals surface area contributed by atoms with Crippen molar-refractivity contribution in [2.75, 3.05) is 22.9 Å². The van der Waals surface area contributed by atoms with Gasteiger partial charge < -0.3 is 31.5 Å². The molecule has 1 aliphatic rings. The van der Waals surface area contributed by atoms with E-state index in [1.54, 1.807) is 24.4 Å². The molecule has 1 fully saturated rings. The van der Waals surface area contributed by atoms with Crippen LogP contribution in [0.3, 0.4) is 0 Å². The van der Waals surface area contributed by atoms with Crippen LogP contribution < -0.4 is 26.4 Å². The number of nitrogens with two attached hydrogens (primary N) is 1. The van der Waals surface area contributed by atoms with Crippen molar-refractivity contribution >= 4 is 51.2 Å². The summed E-state index contributed by atoms with van der Waals surface area (Å²) in [4.78, 5) is 21.1. The molecule has 3 heterocycles. The molecule has 9 nitrogen and oxygen atoms in total. The van der Waals surface area contributed by atoms with Gasteiger partial charge in [0.2, 0.25) is 5.91 Å². The summed E-state index contributed by atoms with van der Waals surface area (Å²) in [5.74, 6) is 0.0814. The molecule has 0 radical (unpaired) electrons. The maximum absolute atomic E-state index is 12.5. The molecule has 2 aromatic carbocycles. The van der Waals surface area contributed by atoms with E-state index in [2.05, 4.69) is 25.9 Å². The van der Waals surface area contributed by atoms with E-state index in [9.17, 15) is 9.90 Å². The first-order valence-electron chi connectivity index (χ1n) is 12.2. The number of aromatic nitrogens is 2. The molecule has 194 valence electrons. The van der Waals surface area contributed by atoms with Crippen LogP contribution in [0.2, 0.25) is 5.02 Å². The second-order valence-electron chi connectivity index (χ2n) is 8.91. The van der Waals surface area contributed by atoms with Gasteiger partial charge in [-0.3, -0.25) is 14.8 Å². The fourth-order valence-electron chi connectivity index (χ4n) is 4.21. The highest BCUT2D eigenvalue weighted by Crippen LogP contribution is 2.37. The zero-order valence-electron chi connectivity index (χ0n) is 20.4. The molecular formula is C28H27ClN6O3. The monoisotopic (exact) mass is 530 g/mol. The molecule has 2 aromatic heterocycles. The third-order valence-electron chi connectivity index (χ3n) is 6.15. The van der Waals surface area contributed by atoms with Crippen LogP contribution in [-0.2, 0) is 11.4 Å². The average molecular weight is 531 g/mol. The number of nitrogens with one attached hydrogen (secondary N) is 3. The van der Waals surface area contributed by atoms with Crippen molar-refractivity contribution in [2.45, 2.75) is 25.5 Å². The van der Waals surface area contributed by atoms with E-state index in [1.807, 2.05) is 30.3 Å². The van der Waals surface area contributed by atoms with Gasteiger partial charge in [-0.25, -0.2) is 0 Å². The zero-order chi connectivity index (χ0) is 26.5. The molecular weight excluding hydrogens is 504 g/mol. The molecule has 1 aliphatic heterocycles. The number of rotatable bonds is 8. The molecule has 4 aromatic rings. The van der Waals surface area contributed by atoms with Gasteiger partial charge in [0.15, 0.2) is 0 Å². The first-order valence-corrected chi connectivity index (χ1v) is 12.6. The summed E-state index contributed by atoms with van der Waals surface area (Å²) in [6.07, 6.45) is 8.59. The van der Waals surface area contributed by atoms with Crippen LogP contribution in [0, 0.1) is 0 Å².